The van der Waals surface area contributed by atoms with Crippen LogP contribution in [-0.4, -0.2) is 12.5 Å². The van der Waals surface area contributed by atoms with E-state index in [0.717, 1.165) is 12.8 Å². The second-order valence-corrected chi connectivity index (χ2v) is 4.42. The molecule has 0 atom stereocenters. The van der Waals surface area contributed by atoms with Gasteiger partial charge in [-0.3, -0.25) is 4.79 Å². The van der Waals surface area contributed by atoms with E-state index in [2.05, 4.69) is 12.2 Å². The number of halogens is 1. The molecule has 3 nitrogen and oxygen atoms in total. The Hall–Kier alpha value is -1.22. The summed E-state index contributed by atoms with van der Waals surface area (Å²) in [4.78, 5) is 11.8. The summed E-state index contributed by atoms with van der Waals surface area (Å²) in [7, 11) is 0. The van der Waals surface area contributed by atoms with Gasteiger partial charge >= 0.3 is 0 Å². The molecular formula is C13H19ClN2O. The zero-order valence-corrected chi connectivity index (χ0v) is 10.9. The Balaban J connectivity index is 2.44. The Morgan fingerprint density at radius 1 is 1.35 bits per heavy atom. The van der Waals surface area contributed by atoms with Crippen LogP contribution in [0.5, 0.6) is 0 Å². The van der Waals surface area contributed by atoms with Crippen LogP contribution in [-0.2, 0) is 0 Å². The summed E-state index contributed by atoms with van der Waals surface area (Å²) in [6.45, 7) is 2.84. The highest BCUT2D eigenvalue weighted by Crippen LogP contribution is 2.22. The van der Waals surface area contributed by atoms with Crippen LogP contribution in [0.4, 0.5) is 5.69 Å². The summed E-state index contributed by atoms with van der Waals surface area (Å²) in [6.07, 6.45) is 4.53. The third kappa shape index (κ3) is 4.27. The molecule has 0 saturated heterocycles. The lowest BCUT2D eigenvalue weighted by Gasteiger charge is -2.08. The zero-order valence-electron chi connectivity index (χ0n) is 10.1. The lowest BCUT2D eigenvalue weighted by atomic mass is 10.1. The van der Waals surface area contributed by atoms with Gasteiger partial charge in [0.2, 0.25) is 0 Å². The maximum atomic E-state index is 11.8. The maximum absolute atomic E-state index is 11.8. The van der Waals surface area contributed by atoms with Crippen molar-refractivity contribution in [3.8, 4) is 0 Å². The van der Waals surface area contributed by atoms with Gasteiger partial charge in [0.05, 0.1) is 16.3 Å². The molecule has 0 heterocycles. The lowest BCUT2D eigenvalue weighted by molar-refractivity contribution is 0.0954. The number of nitrogens with one attached hydrogen (secondary N) is 1. The Morgan fingerprint density at radius 2 is 2.12 bits per heavy atom. The third-order valence-electron chi connectivity index (χ3n) is 2.61. The van der Waals surface area contributed by atoms with E-state index in [4.69, 9.17) is 17.3 Å². The minimum Gasteiger partial charge on any atom is -0.397 e. The van der Waals surface area contributed by atoms with Gasteiger partial charge in [-0.05, 0) is 18.6 Å². The monoisotopic (exact) mass is 254 g/mol. The normalized spacial score (nSPS) is 10.2. The molecule has 0 saturated carbocycles. The fraction of sp³-hybridized carbons (Fsp3) is 0.462. The predicted octanol–water partition coefficient (Wildman–Crippen LogP) is 3.23. The van der Waals surface area contributed by atoms with Crippen LogP contribution in [0.1, 0.15) is 43.0 Å². The van der Waals surface area contributed by atoms with E-state index >= 15 is 0 Å². The van der Waals surface area contributed by atoms with Crippen LogP contribution in [0.15, 0.2) is 18.2 Å². The molecule has 1 aromatic rings. The molecule has 0 aliphatic heterocycles. The largest absolute Gasteiger partial charge is 0.397 e. The summed E-state index contributed by atoms with van der Waals surface area (Å²) >= 11 is 5.86. The molecule has 0 fully saturated rings. The summed E-state index contributed by atoms with van der Waals surface area (Å²) < 4.78 is 0. The van der Waals surface area contributed by atoms with Crippen molar-refractivity contribution in [2.75, 3.05) is 12.3 Å². The highest BCUT2D eigenvalue weighted by molar-refractivity contribution is 6.33. The average Bonchev–Trinajstić information content (AvgIpc) is 2.32. The first-order valence-electron chi connectivity index (χ1n) is 5.99. The second kappa shape index (κ2) is 7.17. The van der Waals surface area contributed by atoms with Crippen molar-refractivity contribution >= 4 is 23.2 Å². The van der Waals surface area contributed by atoms with Crippen LogP contribution < -0.4 is 11.1 Å². The molecule has 0 spiro atoms. The number of para-hydroxylation sites is 1. The van der Waals surface area contributed by atoms with Crippen molar-refractivity contribution < 1.29 is 4.79 Å². The van der Waals surface area contributed by atoms with Gasteiger partial charge in [-0.2, -0.15) is 0 Å². The number of anilines is 1. The first-order chi connectivity index (χ1) is 8.16. The average molecular weight is 255 g/mol. The molecule has 0 radical (unpaired) electrons. The Morgan fingerprint density at radius 3 is 2.82 bits per heavy atom. The van der Waals surface area contributed by atoms with Crippen LogP contribution in [0.2, 0.25) is 5.02 Å². The van der Waals surface area contributed by atoms with Gasteiger partial charge in [-0.15, -0.1) is 0 Å². The van der Waals surface area contributed by atoms with Crippen molar-refractivity contribution in [1.82, 2.24) is 5.32 Å². The second-order valence-electron chi connectivity index (χ2n) is 4.02. The third-order valence-corrected chi connectivity index (χ3v) is 2.94. The molecule has 1 rings (SSSR count). The molecule has 0 unspecified atom stereocenters. The van der Waals surface area contributed by atoms with Crippen LogP contribution in [0.3, 0.4) is 0 Å². The topological polar surface area (TPSA) is 55.1 Å². The van der Waals surface area contributed by atoms with Gasteiger partial charge in [0.1, 0.15) is 0 Å². The van der Waals surface area contributed by atoms with Crippen molar-refractivity contribution in [2.24, 2.45) is 0 Å². The van der Waals surface area contributed by atoms with Crippen LogP contribution >= 0.6 is 11.6 Å². The van der Waals surface area contributed by atoms with E-state index in [1.54, 1.807) is 18.2 Å². The van der Waals surface area contributed by atoms with Gasteiger partial charge in [0.25, 0.3) is 5.91 Å². The fourth-order valence-corrected chi connectivity index (χ4v) is 1.76. The van der Waals surface area contributed by atoms with Gasteiger partial charge < -0.3 is 11.1 Å². The van der Waals surface area contributed by atoms with Gasteiger partial charge in [0.15, 0.2) is 0 Å². The number of rotatable bonds is 6. The number of hydrogen-bond donors (Lipinski definition) is 2. The molecule has 3 N–H and O–H groups in total. The van der Waals surface area contributed by atoms with Crippen molar-refractivity contribution in [2.45, 2.75) is 32.6 Å². The van der Waals surface area contributed by atoms with Crippen molar-refractivity contribution in [3.63, 3.8) is 0 Å². The number of amides is 1. The minimum absolute atomic E-state index is 0.151. The predicted molar refractivity (Wildman–Crippen MR) is 72.3 cm³/mol. The standard InChI is InChI=1S/C13H19ClN2O/c1-2-3-4-5-9-16-13(17)10-7-6-8-11(14)12(10)15/h6-8H,2-5,9,15H2,1H3,(H,16,17). The SMILES string of the molecule is CCCCCCNC(=O)c1cccc(Cl)c1N. The summed E-state index contributed by atoms with van der Waals surface area (Å²) in [5.41, 5.74) is 6.54. The van der Waals surface area contributed by atoms with Gasteiger partial charge in [-0.1, -0.05) is 43.9 Å². The van der Waals surface area contributed by atoms with E-state index in [1.807, 2.05) is 0 Å². The molecule has 1 aromatic carbocycles. The van der Waals surface area contributed by atoms with E-state index < -0.39 is 0 Å². The molecule has 0 aromatic heterocycles. The number of unbranched alkanes of at least 4 members (excludes halogenated alkanes) is 3. The maximum Gasteiger partial charge on any atom is 0.253 e. The minimum atomic E-state index is -0.151. The summed E-state index contributed by atoms with van der Waals surface area (Å²) in [5, 5.41) is 3.27. The Bertz CT molecular complexity index is 380. The fourth-order valence-electron chi connectivity index (χ4n) is 1.58. The van der Waals surface area contributed by atoms with Gasteiger partial charge in [0, 0.05) is 6.54 Å². The Labute approximate surface area is 107 Å². The molecule has 17 heavy (non-hydrogen) atoms. The molecule has 4 heteroatoms. The molecular weight excluding hydrogens is 236 g/mol. The van der Waals surface area contributed by atoms with E-state index in [1.165, 1.54) is 12.8 Å². The van der Waals surface area contributed by atoms with Crippen LogP contribution in [0.25, 0.3) is 0 Å². The Kier molecular flexibility index (Phi) is 5.84. The molecule has 0 aliphatic carbocycles. The van der Waals surface area contributed by atoms with E-state index in [9.17, 15) is 4.79 Å². The highest BCUT2D eigenvalue weighted by Gasteiger charge is 2.10. The summed E-state index contributed by atoms with van der Waals surface area (Å²) in [6, 6.07) is 5.09. The number of hydrogen-bond acceptors (Lipinski definition) is 2. The lowest BCUT2D eigenvalue weighted by Crippen LogP contribution is -2.25. The molecule has 0 aliphatic rings. The smallest absolute Gasteiger partial charge is 0.253 e. The van der Waals surface area contributed by atoms with Crippen LogP contribution in [0, 0.1) is 0 Å². The highest BCUT2D eigenvalue weighted by atomic mass is 35.5. The zero-order chi connectivity index (χ0) is 12.7. The number of carbonyl (C=O) groups is 1. The van der Waals surface area contributed by atoms with Crippen molar-refractivity contribution in [1.29, 1.82) is 0 Å². The molecule has 0 bridgehead atoms. The van der Waals surface area contributed by atoms with Crippen molar-refractivity contribution in [3.05, 3.63) is 28.8 Å². The quantitative estimate of drug-likeness (QED) is 0.605. The molecule has 1 amide bonds. The summed E-state index contributed by atoms with van der Waals surface area (Å²) in [5.74, 6) is -0.151. The first kappa shape index (κ1) is 13.8. The first-order valence-corrected chi connectivity index (χ1v) is 6.36. The van der Waals surface area contributed by atoms with E-state index in [-0.39, 0.29) is 5.91 Å². The van der Waals surface area contributed by atoms with Gasteiger partial charge in [-0.25, -0.2) is 0 Å². The number of nitrogens with two attached hydrogens (primary N) is 1. The number of benzene rings is 1. The number of carbonyl (C=O) groups excluding carboxylic acids is 1. The number of nitrogen functional groups attached to an aromatic ring is 1. The molecule has 94 valence electrons. The van der Waals surface area contributed by atoms with E-state index in [0.29, 0.717) is 22.8 Å².